The molecule has 0 amide bonds. The lowest BCUT2D eigenvalue weighted by Gasteiger charge is -2.27. The number of pyridine rings is 2. The van der Waals surface area contributed by atoms with Gasteiger partial charge in [0, 0.05) is 47.9 Å². The molecule has 0 aliphatic rings. The number of nitrogens with zero attached hydrogens (tertiary/aromatic N) is 3. The Morgan fingerprint density at radius 3 is 1.89 bits per heavy atom. The van der Waals surface area contributed by atoms with Crippen LogP contribution in [-0.2, 0) is 13.1 Å². The van der Waals surface area contributed by atoms with Gasteiger partial charge >= 0.3 is 0 Å². The number of hydrogen-bond acceptors (Lipinski definition) is 8. The minimum atomic E-state index is 0.353. The van der Waals surface area contributed by atoms with Gasteiger partial charge < -0.3 is 29.6 Å². The van der Waals surface area contributed by atoms with E-state index >= 15 is 0 Å². The van der Waals surface area contributed by atoms with E-state index in [1.165, 1.54) is 0 Å². The monoisotopic (exact) mass is 494 g/mol. The van der Waals surface area contributed by atoms with Gasteiger partial charge in [-0.3, -0.25) is 0 Å². The first-order chi connectivity index (χ1) is 16.9. The first kappa shape index (κ1) is 24.2. The lowest BCUT2D eigenvalue weighted by atomic mass is 10.1. The van der Waals surface area contributed by atoms with Crippen molar-refractivity contribution >= 4 is 34.0 Å². The van der Waals surface area contributed by atoms with Gasteiger partial charge in [-0.05, 0) is 41.8 Å². The van der Waals surface area contributed by atoms with E-state index in [4.69, 9.17) is 36.3 Å². The normalized spacial score (nSPS) is 10.8. The van der Waals surface area contributed by atoms with Crippen LogP contribution in [0.2, 0.25) is 5.15 Å². The second-order valence-electron chi connectivity index (χ2n) is 7.81. The van der Waals surface area contributed by atoms with Gasteiger partial charge in [-0.2, -0.15) is 0 Å². The van der Waals surface area contributed by atoms with Gasteiger partial charge in [0.1, 0.15) is 39.8 Å². The van der Waals surface area contributed by atoms with E-state index < -0.39 is 0 Å². The summed E-state index contributed by atoms with van der Waals surface area (Å²) in [6, 6.07) is 15.0. The number of anilines is 2. The fourth-order valence-corrected chi connectivity index (χ4v) is 4.14. The summed E-state index contributed by atoms with van der Waals surface area (Å²) in [7, 11) is 6.51. The van der Waals surface area contributed by atoms with Crippen LogP contribution < -0.4 is 29.6 Å². The molecule has 0 aliphatic carbocycles. The number of methoxy groups -OCH3 is 4. The zero-order valence-electron chi connectivity index (χ0n) is 20.0. The Balaban J connectivity index is 1.85. The number of fused-ring (bicyclic) bond motifs is 1. The number of ether oxygens (including phenoxy) is 4. The van der Waals surface area contributed by atoms with Crippen molar-refractivity contribution in [3.8, 4) is 23.0 Å². The van der Waals surface area contributed by atoms with Gasteiger partial charge in [0.05, 0.1) is 28.4 Å². The fraction of sp³-hybridized carbons (Fsp3) is 0.231. The summed E-state index contributed by atoms with van der Waals surface area (Å²) in [4.78, 5) is 11.1. The van der Waals surface area contributed by atoms with E-state index in [9.17, 15) is 0 Å². The number of aromatic nitrogens is 2. The number of halogens is 1. The largest absolute Gasteiger partial charge is 0.497 e. The number of nitrogens with two attached hydrogens (primary N) is 1. The molecule has 0 saturated carbocycles. The van der Waals surface area contributed by atoms with Crippen LogP contribution in [0.15, 0.2) is 54.7 Å². The molecule has 0 unspecified atom stereocenters. The molecule has 0 fully saturated rings. The molecular weight excluding hydrogens is 468 g/mol. The number of benzene rings is 2. The summed E-state index contributed by atoms with van der Waals surface area (Å²) in [5.41, 5.74) is 7.82. The second-order valence-corrected chi connectivity index (χ2v) is 8.20. The predicted molar refractivity (Wildman–Crippen MR) is 138 cm³/mol. The topological polar surface area (TPSA) is 92.0 Å². The number of hydrogen-bond donors (Lipinski definition) is 1. The van der Waals surface area contributed by atoms with Gasteiger partial charge in [-0.25, -0.2) is 9.97 Å². The van der Waals surface area contributed by atoms with Gasteiger partial charge in [0.15, 0.2) is 0 Å². The van der Waals surface area contributed by atoms with Crippen molar-refractivity contribution in [2.24, 2.45) is 0 Å². The molecule has 2 N–H and O–H groups in total. The Morgan fingerprint density at radius 2 is 1.37 bits per heavy atom. The van der Waals surface area contributed by atoms with E-state index in [1.54, 1.807) is 46.8 Å². The first-order valence-electron chi connectivity index (χ1n) is 10.8. The third kappa shape index (κ3) is 5.27. The third-order valence-electron chi connectivity index (χ3n) is 5.70. The summed E-state index contributed by atoms with van der Waals surface area (Å²) in [5, 5.41) is 2.02. The number of nitrogen functional groups attached to an aromatic ring is 1. The fourth-order valence-electron chi connectivity index (χ4n) is 3.94. The molecule has 2 aromatic carbocycles. The van der Waals surface area contributed by atoms with Crippen LogP contribution in [0.1, 0.15) is 11.1 Å². The molecule has 0 bridgehead atoms. The summed E-state index contributed by atoms with van der Waals surface area (Å²) < 4.78 is 22.0. The van der Waals surface area contributed by atoms with Crippen molar-refractivity contribution < 1.29 is 18.9 Å². The highest BCUT2D eigenvalue weighted by Crippen LogP contribution is 2.34. The van der Waals surface area contributed by atoms with Gasteiger partial charge in [0.25, 0.3) is 0 Å². The summed E-state index contributed by atoms with van der Waals surface area (Å²) >= 11 is 6.44. The second kappa shape index (κ2) is 10.6. The summed E-state index contributed by atoms with van der Waals surface area (Å²) in [6.07, 6.45) is 1.72. The Kier molecular flexibility index (Phi) is 7.31. The maximum Gasteiger partial charge on any atom is 0.140 e. The molecule has 0 atom stereocenters. The molecule has 0 saturated heterocycles. The minimum Gasteiger partial charge on any atom is -0.497 e. The molecular formula is C26H27ClN4O4. The smallest absolute Gasteiger partial charge is 0.140 e. The van der Waals surface area contributed by atoms with E-state index in [0.29, 0.717) is 52.9 Å². The standard InChI is InChI=1S/C26H27ClN4O4/c1-32-19-7-5-16(22(11-19)34-3)14-31(15-17-6-8-20(33-2)12-23(17)35-4)26-21-13-29-25(28)10-18(21)9-24(27)30-26/h5-13H,14-15H2,1-4H3,(H2,28,29). The van der Waals surface area contributed by atoms with E-state index in [2.05, 4.69) is 14.9 Å². The Bertz CT molecular complexity index is 1290. The van der Waals surface area contributed by atoms with Crippen LogP contribution >= 0.6 is 11.6 Å². The van der Waals surface area contributed by atoms with Crippen molar-refractivity contribution in [1.29, 1.82) is 0 Å². The highest BCUT2D eigenvalue weighted by atomic mass is 35.5. The van der Waals surface area contributed by atoms with Crippen molar-refractivity contribution in [3.63, 3.8) is 0 Å². The predicted octanol–water partition coefficient (Wildman–Crippen LogP) is 5.11. The molecule has 0 aliphatic heterocycles. The highest BCUT2D eigenvalue weighted by molar-refractivity contribution is 6.30. The third-order valence-corrected chi connectivity index (χ3v) is 5.89. The molecule has 2 aromatic heterocycles. The van der Waals surface area contributed by atoms with Crippen molar-refractivity contribution in [1.82, 2.24) is 9.97 Å². The molecule has 0 radical (unpaired) electrons. The zero-order chi connectivity index (χ0) is 24.9. The van der Waals surface area contributed by atoms with Crippen LogP contribution in [-0.4, -0.2) is 38.4 Å². The van der Waals surface area contributed by atoms with Crippen LogP contribution in [0, 0.1) is 0 Å². The van der Waals surface area contributed by atoms with E-state index in [1.807, 2.05) is 36.4 Å². The summed E-state index contributed by atoms with van der Waals surface area (Å²) in [6.45, 7) is 0.935. The summed E-state index contributed by atoms with van der Waals surface area (Å²) in [5.74, 6) is 3.89. The average Bonchev–Trinajstić information content (AvgIpc) is 2.87. The highest BCUT2D eigenvalue weighted by Gasteiger charge is 2.19. The lowest BCUT2D eigenvalue weighted by molar-refractivity contribution is 0.389. The Morgan fingerprint density at radius 1 is 0.800 bits per heavy atom. The molecule has 35 heavy (non-hydrogen) atoms. The van der Waals surface area contributed by atoms with Crippen molar-refractivity contribution in [2.45, 2.75) is 13.1 Å². The molecule has 4 rings (SSSR count). The lowest BCUT2D eigenvalue weighted by Crippen LogP contribution is -2.24. The van der Waals surface area contributed by atoms with Gasteiger partial charge in [-0.15, -0.1) is 0 Å². The van der Waals surface area contributed by atoms with Crippen molar-refractivity contribution in [3.05, 3.63) is 71.0 Å². The quantitative estimate of drug-likeness (QED) is 0.321. The molecule has 4 aromatic rings. The van der Waals surface area contributed by atoms with Crippen molar-refractivity contribution in [2.75, 3.05) is 39.1 Å². The van der Waals surface area contributed by atoms with Gasteiger partial charge in [-0.1, -0.05) is 11.6 Å². The van der Waals surface area contributed by atoms with Crippen LogP contribution in [0.25, 0.3) is 10.8 Å². The molecule has 2 heterocycles. The van der Waals surface area contributed by atoms with Crippen LogP contribution in [0.5, 0.6) is 23.0 Å². The van der Waals surface area contributed by atoms with Gasteiger partial charge in [0.2, 0.25) is 0 Å². The molecule has 9 heteroatoms. The number of rotatable bonds is 9. The molecule has 8 nitrogen and oxygen atoms in total. The van der Waals surface area contributed by atoms with Crippen LogP contribution in [0.3, 0.4) is 0 Å². The maximum atomic E-state index is 6.44. The Hall–Kier alpha value is -3.91. The van der Waals surface area contributed by atoms with E-state index in [-0.39, 0.29) is 0 Å². The average molecular weight is 495 g/mol. The van der Waals surface area contributed by atoms with E-state index in [0.717, 1.165) is 21.9 Å². The first-order valence-corrected chi connectivity index (χ1v) is 11.2. The molecule has 0 spiro atoms. The Labute approximate surface area is 209 Å². The maximum absolute atomic E-state index is 6.44. The van der Waals surface area contributed by atoms with Crippen LogP contribution in [0.4, 0.5) is 11.6 Å². The minimum absolute atomic E-state index is 0.353. The molecule has 182 valence electrons. The SMILES string of the molecule is COc1ccc(CN(Cc2ccc(OC)cc2OC)c2nc(Cl)cc3cc(N)ncc23)c(OC)c1. The zero-order valence-corrected chi connectivity index (χ0v) is 20.8.